The Bertz CT molecular complexity index is 562. The number of rotatable bonds is 3. The molecule has 0 aliphatic carbocycles. The molecule has 0 unspecified atom stereocenters. The molecule has 0 radical (unpaired) electrons. The second-order valence-electron chi connectivity index (χ2n) is 5.74. The van der Waals surface area contributed by atoms with Crippen molar-refractivity contribution in [3.8, 4) is 0 Å². The van der Waals surface area contributed by atoms with E-state index in [4.69, 9.17) is 4.74 Å². The molecule has 5 heteroatoms. The molecule has 1 aromatic carbocycles. The molecular formula is C16H18BrNO3. The third-order valence-corrected chi connectivity index (χ3v) is 5.63. The van der Waals surface area contributed by atoms with Crippen LogP contribution in [0.5, 0.6) is 0 Å². The SMILES string of the molecule is COC(=O)[C@]12CC[C@H](C[C@H]1CBr)N2C(=O)c1ccccc1. The van der Waals surface area contributed by atoms with Gasteiger partial charge < -0.3 is 9.64 Å². The zero-order valence-corrected chi connectivity index (χ0v) is 13.5. The van der Waals surface area contributed by atoms with Gasteiger partial charge in [-0.15, -0.1) is 0 Å². The second kappa shape index (κ2) is 5.44. The highest BCUT2D eigenvalue weighted by molar-refractivity contribution is 9.09. The molecule has 4 nitrogen and oxygen atoms in total. The maximum atomic E-state index is 12.9. The third kappa shape index (κ3) is 2.01. The van der Waals surface area contributed by atoms with Gasteiger partial charge in [-0.3, -0.25) is 4.79 Å². The molecule has 21 heavy (non-hydrogen) atoms. The van der Waals surface area contributed by atoms with Crippen molar-refractivity contribution in [1.29, 1.82) is 0 Å². The maximum absolute atomic E-state index is 12.9. The van der Waals surface area contributed by atoms with Crippen LogP contribution in [-0.2, 0) is 9.53 Å². The van der Waals surface area contributed by atoms with E-state index in [2.05, 4.69) is 15.9 Å². The number of alkyl halides is 1. The number of nitrogens with zero attached hydrogens (tertiary/aromatic N) is 1. The number of benzene rings is 1. The fourth-order valence-corrected chi connectivity index (χ4v) is 4.71. The maximum Gasteiger partial charge on any atom is 0.332 e. The zero-order valence-electron chi connectivity index (χ0n) is 11.9. The largest absolute Gasteiger partial charge is 0.467 e. The Hall–Kier alpha value is -1.36. The Labute approximate surface area is 132 Å². The van der Waals surface area contributed by atoms with E-state index < -0.39 is 5.54 Å². The standard InChI is InChI=1S/C16H18BrNO3/c1-21-15(20)16-8-7-13(9-12(16)10-17)18(16)14(19)11-5-3-2-4-6-11/h2-6,12-13H,7-10H2,1H3/t12-,13+,16-/m0/s1. The summed E-state index contributed by atoms with van der Waals surface area (Å²) in [5, 5.41) is 0.706. The van der Waals surface area contributed by atoms with Crippen LogP contribution in [0.4, 0.5) is 0 Å². The molecule has 2 aliphatic rings. The van der Waals surface area contributed by atoms with Crippen LogP contribution in [0.3, 0.4) is 0 Å². The van der Waals surface area contributed by atoms with Crippen LogP contribution in [0.25, 0.3) is 0 Å². The first-order valence-corrected chi connectivity index (χ1v) is 8.30. The normalized spacial score (nSPS) is 30.5. The lowest BCUT2D eigenvalue weighted by Gasteiger charge is -2.36. The van der Waals surface area contributed by atoms with E-state index in [1.54, 1.807) is 17.0 Å². The molecule has 2 aliphatic heterocycles. The molecule has 0 saturated carbocycles. The summed E-state index contributed by atoms with van der Waals surface area (Å²) < 4.78 is 5.05. The number of fused-ring (bicyclic) bond motifs is 2. The van der Waals surface area contributed by atoms with Crippen molar-refractivity contribution in [2.45, 2.75) is 30.8 Å². The van der Waals surface area contributed by atoms with Crippen molar-refractivity contribution in [2.75, 3.05) is 12.4 Å². The Morgan fingerprint density at radius 1 is 1.38 bits per heavy atom. The van der Waals surface area contributed by atoms with Gasteiger partial charge in [0.2, 0.25) is 0 Å². The van der Waals surface area contributed by atoms with Crippen LogP contribution in [0.2, 0.25) is 0 Å². The lowest BCUT2D eigenvalue weighted by Crippen LogP contribution is -2.55. The predicted molar refractivity (Wildman–Crippen MR) is 82.3 cm³/mol. The molecule has 0 aromatic heterocycles. The topological polar surface area (TPSA) is 46.6 Å². The number of ether oxygens (including phenoxy) is 1. The number of hydrogen-bond acceptors (Lipinski definition) is 3. The molecular weight excluding hydrogens is 334 g/mol. The van der Waals surface area contributed by atoms with Crippen LogP contribution in [0, 0.1) is 5.92 Å². The minimum Gasteiger partial charge on any atom is -0.467 e. The Morgan fingerprint density at radius 3 is 2.71 bits per heavy atom. The van der Waals surface area contributed by atoms with E-state index in [-0.39, 0.29) is 23.8 Å². The molecule has 0 spiro atoms. The predicted octanol–water partition coefficient (Wildman–Crippen LogP) is 2.62. The Morgan fingerprint density at radius 2 is 2.10 bits per heavy atom. The summed E-state index contributed by atoms with van der Waals surface area (Å²) in [6, 6.07) is 9.31. The lowest BCUT2D eigenvalue weighted by atomic mass is 9.79. The zero-order chi connectivity index (χ0) is 15.0. The Kier molecular flexibility index (Phi) is 3.78. The molecule has 0 N–H and O–H groups in total. The van der Waals surface area contributed by atoms with Gasteiger partial charge >= 0.3 is 5.97 Å². The number of esters is 1. The molecule has 2 saturated heterocycles. The highest BCUT2D eigenvalue weighted by atomic mass is 79.9. The first-order valence-electron chi connectivity index (χ1n) is 7.18. The fraction of sp³-hybridized carbons (Fsp3) is 0.500. The highest BCUT2D eigenvalue weighted by Crippen LogP contribution is 2.52. The number of carbonyl (C=O) groups excluding carboxylic acids is 2. The van der Waals surface area contributed by atoms with Crippen LogP contribution in [-0.4, -0.2) is 40.8 Å². The number of methoxy groups -OCH3 is 1. The minimum atomic E-state index is -0.796. The van der Waals surface area contributed by atoms with Crippen molar-refractivity contribution in [3.05, 3.63) is 35.9 Å². The van der Waals surface area contributed by atoms with Crippen molar-refractivity contribution >= 4 is 27.8 Å². The van der Waals surface area contributed by atoms with Gasteiger partial charge in [0.25, 0.3) is 5.91 Å². The molecule has 2 bridgehead atoms. The molecule has 2 heterocycles. The molecule has 1 aromatic rings. The van der Waals surface area contributed by atoms with E-state index >= 15 is 0 Å². The molecule has 112 valence electrons. The summed E-state index contributed by atoms with van der Waals surface area (Å²) in [7, 11) is 1.40. The average Bonchev–Trinajstić information content (AvgIpc) is 3.07. The van der Waals surface area contributed by atoms with E-state index in [1.807, 2.05) is 18.2 Å². The van der Waals surface area contributed by atoms with Gasteiger partial charge in [-0.2, -0.15) is 0 Å². The first kappa shape index (κ1) is 14.6. The molecule has 2 fully saturated rings. The third-order valence-electron chi connectivity index (χ3n) is 4.85. The summed E-state index contributed by atoms with van der Waals surface area (Å²) in [5.41, 5.74) is -0.163. The monoisotopic (exact) mass is 351 g/mol. The van der Waals surface area contributed by atoms with Crippen LogP contribution in [0.1, 0.15) is 29.6 Å². The van der Waals surface area contributed by atoms with Crippen LogP contribution in [0.15, 0.2) is 30.3 Å². The summed E-state index contributed by atoms with van der Waals surface area (Å²) in [6.07, 6.45) is 2.43. The first-order chi connectivity index (χ1) is 10.1. The van der Waals surface area contributed by atoms with Gasteiger partial charge in [0.15, 0.2) is 0 Å². The van der Waals surface area contributed by atoms with Gasteiger partial charge in [-0.05, 0) is 31.4 Å². The van der Waals surface area contributed by atoms with Crippen LogP contribution < -0.4 is 0 Å². The van der Waals surface area contributed by atoms with Crippen molar-refractivity contribution in [2.24, 2.45) is 5.92 Å². The van der Waals surface area contributed by atoms with E-state index in [9.17, 15) is 9.59 Å². The summed E-state index contributed by atoms with van der Waals surface area (Å²) in [6.45, 7) is 0. The lowest BCUT2D eigenvalue weighted by molar-refractivity contribution is -0.153. The molecule has 3 rings (SSSR count). The van der Waals surface area contributed by atoms with Gasteiger partial charge in [0.05, 0.1) is 7.11 Å². The van der Waals surface area contributed by atoms with Gasteiger partial charge in [0, 0.05) is 22.9 Å². The van der Waals surface area contributed by atoms with Crippen molar-refractivity contribution in [3.63, 3.8) is 0 Å². The number of carbonyl (C=O) groups is 2. The number of halogens is 1. The molecule has 1 amide bonds. The van der Waals surface area contributed by atoms with Gasteiger partial charge in [-0.1, -0.05) is 34.1 Å². The van der Waals surface area contributed by atoms with Crippen molar-refractivity contribution < 1.29 is 14.3 Å². The number of amides is 1. The average molecular weight is 352 g/mol. The fourth-order valence-electron chi connectivity index (χ4n) is 3.91. The highest BCUT2D eigenvalue weighted by Gasteiger charge is 2.64. The second-order valence-corrected chi connectivity index (χ2v) is 6.38. The smallest absolute Gasteiger partial charge is 0.332 e. The summed E-state index contributed by atoms with van der Waals surface area (Å²) >= 11 is 3.50. The van der Waals surface area contributed by atoms with E-state index in [0.717, 1.165) is 12.8 Å². The summed E-state index contributed by atoms with van der Waals surface area (Å²) in [5.74, 6) is -0.223. The van der Waals surface area contributed by atoms with Gasteiger partial charge in [-0.25, -0.2) is 4.79 Å². The Balaban J connectivity index is 2.01. The van der Waals surface area contributed by atoms with E-state index in [0.29, 0.717) is 17.3 Å². The van der Waals surface area contributed by atoms with E-state index in [1.165, 1.54) is 7.11 Å². The van der Waals surface area contributed by atoms with Crippen molar-refractivity contribution in [1.82, 2.24) is 4.90 Å². The van der Waals surface area contributed by atoms with Gasteiger partial charge in [0.1, 0.15) is 5.54 Å². The quantitative estimate of drug-likeness (QED) is 0.621. The number of hydrogen-bond donors (Lipinski definition) is 0. The van der Waals surface area contributed by atoms with Crippen LogP contribution >= 0.6 is 15.9 Å². The molecule has 3 atom stereocenters. The summed E-state index contributed by atoms with van der Waals surface area (Å²) in [4.78, 5) is 27.2. The minimum absolute atomic E-state index is 0.0630.